The first-order valence-corrected chi connectivity index (χ1v) is 6.67. The minimum absolute atomic E-state index is 0.0643. The number of hydrogen-bond donors (Lipinski definition) is 0. The van der Waals surface area contributed by atoms with Crippen LogP contribution in [0.1, 0.15) is 46.0 Å². The zero-order valence-corrected chi connectivity index (χ0v) is 10.7. The van der Waals surface area contributed by atoms with Crippen LogP contribution < -0.4 is 0 Å². The minimum Gasteiger partial charge on any atom is -0.303 e. The third-order valence-electron chi connectivity index (χ3n) is 6.29. The summed E-state index contributed by atoms with van der Waals surface area (Å²) in [6.07, 6.45) is 10.1. The number of ketones is 1. The molecule has 3 aliphatic rings. The highest BCUT2D eigenvalue weighted by atomic mass is 16.1. The molecule has 0 saturated heterocycles. The van der Waals surface area contributed by atoms with Gasteiger partial charge in [0, 0.05) is 12.8 Å². The van der Waals surface area contributed by atoms with Gasteiger partial charge in [0.2, 0.25) is 0 Å². The minimum atomic E-state index is -0.251. The number of allylic oxidation sites excluding steroid dienone is 2. The van der Waals surface area contributed by atoms with E-state index in [9.17, 15) is 9.59 Å². The molecule has 1 spiro atoms. The molecule has 17 heavy (non-hydrogen) atoms. The van der Waals surface area contributed by atoms with Crippen molar-refractivity contribution >= 4 is 12.1 Å². The summed E-state index contributed by atoms with van der Waals surface area (Å²) < 4.78 is 0. The van der Waals surface area contributed by atoms with E-state index in [2.05, 4.69) is 26.0 Å². The molecule has 4 atom stereocenters. The Bertz CT molecular complexity index is 425. The Hall–Kier alpha value is -0.920. The van der Waals surface area contributed by atoms with E-state index in [0.29, 0.717) is 18.1 Å². The van der Waals surface area contributed by atoms with Gasteiger partial charge in [-0.3, -0.25) is 4.79 Å². The Morgan fingerprint density at radius 2 is 2.12 bits per heavy atom. The molecule has 0 bridgehead atoms. The van der Waals surface area contributed by atoms with E-state index in [1.165, 1.54) is 0 Å². The summed E-state index contributed by atoms with van der Waals surface area (Å²) in [5, 5.41) is 0. The average Bonchev–Trinajstić information content (AvgIpc) is 2.80. The van der Waals surface area contributed by atoms with E-state index in [-0.39, 0.29) is 16.2 Å². The molecule has 0 N–H and O–H groups in total. The van der Waals surface area contributed by atoms with E-state index >= 15 is 0 Å². The number of carbonyl (C=O) groups is 2. The summed E-state index contributed by atoms with van der Waals surface area (Å²) in [6, 6.07) is 0. The van der Waals surface area contributed by atoms with Gasteiger partial charge in [-0.2, -0.15) is 0 Å². The van der Waals surface area contributed by atoms with Gasteiger partial charge in [-0.05, 0) is 42.9 Å². The van der Waals surface area contributed by atoms with E-state index in [4.69, 9.17) is 0 Å². The Morgan fingerprint density at radius 3 is 2.82 bits per heavy atom. The van der Waals surface area contributed by atoms with Gasteiger partial charge in [0.25, 0.3) is 0 Å². The van der Waals surface area contributed by atoms with Crippen molar-refractivity contribution < 1.29 is 9.59 Å². The second-order valence-corrected chi connectivity index (χ2v) is 6.46. The Labute approximate surface area is 102 Å². The van der Waals surface area contributed by atoms with Crippen molar-refractivity contribution in [3.8, 4) is 0 Å². The second kappa shape index (κ2) is 3.09. The molecule has 0 aliphatic heterocycles. The molecule has 3 rings (SSSR count). The highest BCUT2D eigenvalue weighted by molar-refractivity contribution is 5.91. The lowest BCUT2D eigenvalue weighted by Gasteiger charge is -2.44. The van der Waals surface area contributed by atoms with E-state index in [1.54, 1.807) is 0 Å². The summed E-state index contributed by atoms with van der Waals surface area (Å²) in [7, 11) is 0. The smallest absolute Gasteiger partial charge is 0.143 e. The zero-order chi connectivity index (χ0) is 12.3. The lowest BCUT2D eigenvalue weighted by Crippen LogP contribution is -2.42. The number of Topliss-reactive ketones (excluding diaryl/α,β-unsaturated/α-hetero) is 1. The number of hydrogen-bond acceptors (Lipinski definition) is 2. The third-order valence-corrected chi connectivity index (χ3v) is 6.29. The van der Waals surface area contributed by atoms with Crippen molar-refractivity contribution in [2.24, 2.45) is 22.2 Å². The van der Waals surface area contributed by atoms with Crippen LogP contribution in [0.3, 0.4) is 0 Å². The van der Waals surface area contributed by atoms with Crippen molar-refractivity contribution in [2.75, 3.05) is 0 Å². The maximum absolute atomic E-state index is 12.2. The molecule has 0 aromatic rings. The van der Waals surface area contributed by atoms with Gasteiger partial charge in [0.15, 0.2) is 0 Å². The standard InChI is InChI=1S/C15H20O2/c1-13-8-9-14(2)12(17)4-7-15(13,14)6-3-11(13)5-10-16/h8-11H,3-7H2,1-2H3/t11-,13-,14-,15?/m1/s1. The Kier molecular flexibility index (Phi) is 2.04. The van der Waals surface area contributed by atoms with Crippen LogP contribution in [0.4, 0.5) is 0 Å². The molecule has 0 radical (unpaired) electrons. The number of rotatable bonds is 2. The number of carbonyl (C=O) groups excluding carboxylic acids is 2. The van der Waals surface area contributed by atoms with Gasteiger partial charge < -0.3 is 4.79 Å². The van der Waals surface area contributed by atoms with Crippen LogP contribution >= 0.6 is 0 Å². The Morgan fingerprint density at radius 1 is 1.35 bits per heavy atom. The summed E-state index contributed by atoms with van der Waals surface area (Å²) in [4.78, 5) is 23.0. The quantitative estimate of drug-likeness (QED) is 0.542. The first-order valence-electron chi connectivity index (χ1n) is 6.67. The van der Waals surface area contributed by atoms with Gasteiger partial charge in [-0.1, -0.05) is 19.1 Å². The fraction of sp³-hybridized carbons (Fsp3) is 0.733. The normalized spacial score (nSPS) is 51.6. The summed E-state index contributed by atoms with van der Waals surface area (Å²) in [5.41, 5.74) is -0.0705. The lowest BCUT2D eigenvalue weighted by atomic mass is 9.57. The SMILES string of the molecule is C[C@]12C=C[C@]3(C)[C@@H](CC=O)CCC13CCC2=O. The molecule has 0 heterocycles. The second-order valence-electron chi connectivity index (χ2n) is 6.46. The third kappa shape index (κ3) is 0.989. The van der Waals surface area contributed by atoms with Crippen LogP contribution in [0.15, 0.2) is 12.2 Å². The molecule has 1 unspecified atom stereocenters. The molecule has 0 aromatic carbocycles. The molecule has 0 aromatic heterocycles. The molecule has 2 nitrogen and oxygen atoms in total. The predicted molar refractivity (Wildman–Crippen MR) is 65.4 cm³/mol. The molecular formula is C15H20O2. The van der Waals surface area contributed by atoms with Gasteiger partial charge >= 0.3 is 0 Å². The molecule has 92 valence electrons. The van der Waals surface area contributed by atoms with Gasteiger partial charge in [0.1, 0.15) is 12.1 Å². The molecule has 2 heteroatoms. The molecular weight excluding hydrogens is 212 g/mol. The van der Waals surface area contributed by atoms with Crippen LogP contribution in [0.2, 0.25) is 0 Å². The maximum atomic E-state index is 12.2. The monoisotopic (exact) mass is 232 g/mol. The highest BCUT2D eigenvalue weighted by Gasteiger charge is 2.70. The van der Waals surface area contributed by atoms with E-state index in [0.717, 1.165) is 32.0 Å². The lowest BCUT2D eigenvalue weighted by molar-refractivity contribution is -0.126. The van der Waals surface area contributed by atoms with Crippen molar-refractivity contribution in [1.82, 2.24) is 0 Å². The van der Waals surface area contributed by atoms with Crippen LogP contribution in [-0.4, -0.2) is 12.1 Å². The summed E-state index contributed by atoms with van der Waals surface area (Å²) in [5.74, 6) is 0.841. The van der Waals surface area contributed by atoms with Crippen molar-refractivity contribution in [3.63, 3.8) is 0 Å². The maximum Gasteiger partial charge on any atom is 0.143 e. The van der Waals surface area contributed by atoms with Crippen LogP contribution in [-0.2, 0) is 9.59 Å². The fourth-order valence-electron chi connectivity index (χ4n) is 5.07. The van der Waals surface area contributed by atoms with Crippen LogP contribution in [0, 0.1) is 22.2 Å². The van der Waals surface area contributed by atoms with Gasteiger partial charge in [0.05, 0.1) is 5.41 Å². The largest absolute Gasteiger partial charge is 0.303 e. The summed E-state index contributed by atoms with van der Waals surface area (Å²) in [6.45, 7) is 4.39. The molecule has 3 aliphatic carbocycles. The highest BCUT2D eigenvalue weighted by Crippen LogP contribution is 2.74. The topological polar surface area (TPSA) is 34.1 Å². The van der Waals surface area contributed by atoms with Crippen molar-refractivity contribution in [2.45, 2.75) is 46.0 Å². The summed E-state index contributed by atoms with van der Waals surface area (Å²) >= 11 is 0. The van der Waals surface area contributed by atoms with Crippen molar-refractivity contribution in [1.29, 1.82) is 0 Å². The zero-order valence-electron chi connectivity index (χ0n) is 10.7. The van der Waals surface area contributed by atoms with Gasteiger partial charge in [-0.25, -0.2) is 0 Å². The molecule has 0 amide bonds. The predicted octanol–water partition coefficient (Wildman–Crippen LogP) is 2.92. The first kappa shape index (κ1) is 11.2. The van der Waals surface area contributed by atoms with Crippen LogP contribution in [0.25, 0.3) is 0 Å². The van der Waals surface area contributed by atoms with Crippen molar-refractivity contribution in [3.05, 3.63) is 12.2 Å². The number of aldehydes is 1. The fourth-order valence-corrected chi connectivity index (χ4v) is 5.07. The van der Waals surface area contributed by atoms with E-state index < -0.39 is 0 Å². The van der Waals surface area contributed by atoms with Gasteiger partial charge in [-0.15, -0.1) is 0 Å². The molecule has 2 fully saturated rings. The average molecular weight is 232 g/mol. The first-order chi connectivity index (χ1) is 8.00. The van der Waals surface area contributed by atoms with E-state index in [1.807, 2.05) is 0 Å². The van der Waals surface area contributed by atoms with Crippen LogP contribution in [0.5, 0.6) is 0 Å². The Balaban J connectivity index is 2.09. The molecule has 2 saturated carbocycles.